The van der Waals surface area contributed by atoms with Crippen LogP contribution in [-0.2, 0) is 9.59 Å². The first-order chi connectivity index (χ1) is 5.01. The molecule has 0 saturated carbocycles. The van der Waals surface area contributed by atoms with Crippen LogP contribution in [0.3, 0.4) is 0 Å². The van der Waals surface area contributed by atoms with Gasteiger partial charge in [0.2, 0.25) is 0 Å². The molecule has 0 fully saturated rings. The van der Waals surface area contributed by atoms with Gasteiger partial charge in [0.15, 0.2) is 5.41 Å². The van der Waals surface area contributed by atoms with Crippen molar-refractivity contribution in [2.45, 2.75) is 26.7 Å². The van der Waals surface area contributed by atoms with Crippen LogP contribution in [0.2, 0.25) is 0 Å². The van der Waals surface area contributed by atoms with Crippen molar-refractivity contribution in [2.75, 3.05) is 0 Å². The van der Waals surface area contributed by atoms with Crippen LogP contribution >= 0.6 is 0 Å². The fourth-order valence-corrected chi connectivity index (χ4v) is 0.946. The van der Waals surface area contributed by atoms with E-state index in [1.807, 2.05) is 0 Å². The maximum atomic E-state index is 10.5. The SMILES string of the molecule is CCC(CC)(C(=O)O)C(=O)O.[KH].[NaH]. The Morgan fingerprint density at radius 3 is 1.31 bits per heavy atom. The van der Waals surface area contributed by atoms with Crippen molar-refractivity contribution in [1.29, 1.82) is 0 Å². The van der Waals surface area contributed by atoms with E-state index >= 15 is 0 Å². The quantitative estimate of drug-likeness (QED) is 0.506. The summed E-state index contributed by atoms with van der Waals surface area (Å²) >= 11 is 0. The van der Waals surface area contributed by atoms with Crippen molar-refractivity contribution in [3.8, 4) is 0 Å². The number of carboxylic acid groups (broad SMARTS) is 2. The monoisotopic (exact) mass is 224 g/mol. The average molecular weight is 224 g/mol. The van der Waals surface area contributed by atoms with Gasteiger partial charge in [0.05, 0.1) is 0 Å². The second-order valence-electron chi connectivity index (χ2n) is 2.40. The predicted octanol–water partition coefficient (Wildman–Crippen LogP) is -0.335. The normalized spacial score (nSPS) is 9.38. The van der Waals surface area contributed by atoms with E-state index in [4.69, 9.17) is 10.2 Å². The Morgan fingerprint density at radius 1 is 1.08 bits per heavy atom. The first-order valence-electron chi connectivity index (χ1n) is 3.48. The molecule has 0 atom stereocenters. The number of rotatable bonds is 4. The van der Waals surface area contributed by atoms with E-state index in [9.17, 15) is 9.59 Å². The molecule has 4 nitrogen and oxygen atoms in total. The van der Waals surface area contributed by atoms with Crippen LogP contribution in [0.5, 0.6) is 0 Å². The molecule has 0 heterocycles. The second kappa shape index (κ2) is 8.85. The number of hydrogen-bond donors (Lipinski definition) is 2. The van der Waals surface area contributed by atoms with E-state index in [0.717, 1.165) is 0 Å². The molecular formula is C7H14KNaO4. The minimum absolute atomic E-state index is 0. The third kappa shape index (κ3) is 4.75. The van der Waals surface area contributed by atoms with Crippen LogP contribution in [0.15, 0.2) is 0 Å². The fourth-order valence-electron chi connectivity index (χ4n) is 0.946. The van der Waals surface area contributed by atoms with Crippen molar-refractivity contribution < 1.29 is 19.8 Å². The van der Waals surface area contributed by atoms with Gasteiger partial charge in [0.1, 0.15) is 0 Å². The molecule has 0 aliphatic carbocycles. The van der Waals surface area contributed by atoms with Gasteiger partial charge >= 0.3 is 92.9 Å². The molecular weight excluding hydrogens is 210 g/mol. The Kier molecular flexibility index (Phi) is 13.6. The molecule has 0 aromatic heterocycles. The number of carboxylic acids is 2. The number of hydrogen-bond acceptors (Lipinski definition) is 2. The minimum atomic E-state index is -1.58. The first kappa shape index (κ1) is 20.0. The van der Waals surface area contributed by atoms with Gasteiger partial charge in [-0.25, -0.2) is 0 Å². The van der Waals surface area contributed by atoms with Crippen molar-refractivity contribution in [1.82, 2.24) is 0 Å². The van der Waals surface area contributed by atoms with Gasteiger partial charge < -0.3 is 10.2 Å². The van der Waals surface area contributed by atoms with Crippen LogP contribution in [0, 0.1) is 5.41 Å². The molecule has 0 unspecified atom stereocenters. The Balaban J connectivity index is -0.000000500. The molecule has 0 bridgehead atoms. The molecule has 0 radical (unpaired) electrons. The molecule has 0 rings (SSSR count). The van der Waals surface area contributed by atoms with Crippen LogP contribution < -0.4 is 0 Å². The Bertz CT molecular complexity index is 163. The standard InChI is InChI=1S/C7H12O4.K.Na.2H/c1-3-7(4-2,5(8)9)6(10)11;;;;/h3-4H2,1-2H3,(H,8,9)(H,10,11);;;;. The zero-order chi connectivity index (χ0) is 9.07. The summed E-state index contributed by atoms with van der Waals surface area (Å²) in [5, 5.41) is 17.2. The third-order valence-corrected chi connectivity index (χ3v) is 2.03. The summed E-state index contributed by atoms with van der Waals surface area (Å²) in [6.45, 7) is 3.12. The van der Waals surface area contributed by atoms with Gasteiger partial charge in [-0.15, -0.1) is 0 Å². The molecule has 0 aromatic rings. The second-order valence-corrected chi connectivity index (χ2v) is 2.40. The average Bonchev–Trinajstić information content (AvgIpc) is 1.90. The van der Waals surface area contributed by atoms with Crippen LogP contribution in [0.1, 0.15) is 26.7 Å². The summed E-state index contributed by atoms with van der Waals surface area (Å²) in [7, 11) is 0. The molecule has 0 aliphatic heterocycles. The summed E-state index contributed by atoms with van der Waals surface area (Å²) in [4.78, 5) is 21.1. The molecule has 6 heteroatoms. The molecule has 13 heavy (non-hydrogen) atoms. The first-order valence-corrected chi connectivity index (χ1v) is 3.48. The third-order valence-electron chi connectivity index (χ3n) is 2.03. The predicted molar refractivity (Wildman–Crippen MR) is 52.6 cm³/mol. The summed E-state index contributed by atoms with van der Waals surface area (Å²) in [5.74, 6) is -2.51. The maximum absolute atomic E-state index is 10.5. The van der Waals surface area contributed by atoms with E-state index in [1.54, 1.807) is 13.8 Å². The number of carbonyl (C=O) groups is 2. The van der Waals surface area contributed by atoms with Gasteiger partial charge in [-0.3, -0.25) is 9.59 Å². The molecule has 68 valence electrons. The van der Waals surface area contributed by atoms with E-state index in [-0.39, 0.29) is 93.8 Å². The molecule has 0 amide bonds. The van der Waals surface area contributed by atoms with Gasteiger partial charge in [0.25, 0.3) is 0 Å². The van der Waals surface area contributed by atoms with Gasteiger partial charge in [-0.05, 0) is 12.8 Å². The fraction of sp³-hybridized carbons (Fsp3) is 0.714. The van der Waals surface area contributed by atoms with Crippen molar-refractivity contribution in [3.05, 3.63) is 0 Å². The Morgan fingerprint density at radius 2 is 1.31 bits per heavy atom. The van der Waals surface area contributed by atoms with Crippen LogP contribution in [0.25, 0.3) is 0 Å². The summed E-state index contributed by atoms with van der Waals surface area (Å²) in [5.41, 5.74) is -1.58. The van der Waals surface area contributed by atoms with Crippen LogP contribution in [-0.4, -0.2) is 103 Å². The van der Waals surface area contributed by atoms with Gasteiger partial charge in [-0.1, -0.05) is 13.8 Å². The molecule has 0 spiro atoms. The molecule has 0 aromatic carbocycles. The van der Waals surface area contributed by atoms with Crippen molar-refractivity contribution in [3.63, 3.8) is 0 Å². The zero-order valence-electron chi connectivity index (χ0n) is 6.63. The summed E-state index contributed by atoms with van der Waals surface area (Å²) < 4.78 is 0. The van der Waals surface area contributed by atoms with E-state index in [2.05, 4.69) is 0 Å². The van der Waals surface area contributed by atoms with Crippen LogP contribution in [0.4, 0.5) is 0 Å². The summed E-state index contributed by atoms with van der Waals surface area (Å²) in [6, 6.07) is 0. The Labute approximate surface area is 142 Å². The topological polar surface area (TPSA) is 74.6 Å². The van der Waals surface area contributed by atoms with E-state index in [1.165, 1.54) is 0 Å². The van der Waals surface area contributed by atoms with Gasteiger partial charge in [-0.2, -0.15) is 0 Å². The molecule has 0 saturated heterocycles. The van der Waals surface area contributed by atoms with Crippen molar-refractivity contribution in [2.24, 2.45) is 5.41 Å². The van der Waals surface area contributed by atoms with E-state index in [0.29, 0.717) is 0 Å². The zero-order valence-corrected chi connectivity index (χ0v) is 6.63. The van der Waals surface area contributed by atoms with Gasteiger partial charge in [0, 0.05) is 0 Å². The number of aliphatic carboxylic acids is 2. The van der Waals surface area contributed by atoms with E-state index < -0.39 is 17.4 Å². The Hall–Kier alpha value is 1.58. The molecule has 0 aliphatic rings. The van der Waals surface area contributed by atoms with Crippen molar-refractivity contribution >= 4 is 92.9 Å². The summed E-state index contributed by atoms with van der Waals surface area (Å²) in [6.07, 6.45) is 0.238. The molecule has 2 N–H and O–H groups in total.